The predicted octanol–water partition coefficient (Wildman–Crippen LogP) is -5.76. The Kier molecular flexibility index (Phi) is 135. The summed E-state index contributed by atoms with van der Waals surface area (Å²) in [7, 11) is 2.00. The van der Waals surface area contributed by atoms with E-state index in [0.717, 1.165) is 41.9 Å². The number of aliphatic carboxylic acids is 4. The first-order valence-corrected chi connectivity index (χ1v) is 4.53. The second-order valence-corrected chi connectivity index (χ2v) is 1.97. The van der Waals surface area contributed by atoms with Crippen molar-refractivity contribution in [2.75, 3.05) is 14.2 Å². The number of hydrogen-bond acceptors (Lipinski definition) is 10. The van der Waals surface area contributed by atoms with E-state index in [9.17, 15) is 0 Å². The summed E-state index contributed by atoms with van der Waals surface area (Å²) in [5.41, 5.74) is 0. The van der Waals surface area contributed by atoms with Crippen molar-refractivity contribution in [2.24, 2.45) is 0 Å². The number of hydrogen-bond donors (Lipinski definition) is 2. The zero-order valence-electron chi connectivity index (χ0n) is 12.8. The molecule has 0 heterocycles. The molecule has 0 aromatic carbocycles. The number of carboxylic acid groups (broad SMARTS) is 4. The topological polar surface area (TPSA) is 201 Å². The van der Waals surface area contributed by atoms with E-state index in [1.54, 1.807) is 0 Å². The van der Waals surface area contributed by atoms with Gasteiger partial charge in [0.05, 0.1) is 0 Å². The minimum atomic E-state index is -1.08. The molecule has 0 spiro atoms. The van der Waals surface area contributed by atoms with Crippen LogP contribution in [0.2, 0.25) is 0 Å². The summed E-state index contributed by atoms with van der Waals surface area (Å²) < 4.78 is 0. The van der Waals surface area contributed by atoms with Gasteiger partial charge in [0.1, 0.15) is 0 Å². The molecular weight excluding hydrogens is 486 g/mol. The van der Waals surface area contributed by atoms with Crippen LogP contribution in [0, 0.1) is 0 Å². The third-order valence-electron chi connectivity index (χ3n) is 0. The molecule has 2 N–H and O–H groups in total. The first-order valence-electron chi connectivity index (χ1n) is 4.53. The molecule has 0 aromatic rings. The van der Waals surface area contributed by atoms with Crippen LogP contribution in [-0.4, -0.2) is 48.3 Å². The number of carbonyl (C=O) groups excluding carboxylic acids is 4. The molecule has 22 heavy (non-hydrogen) atoms. The van der Waals surface area contributed by atoms with Crippen molar-refractivity contribution in [1.29, 1.82) is 0 Å². The molecule has 0 fully saturated rings. The fourth-order valence-electron chi connectivity index (χ4n) is 0. The summed E-state index contributed by atoms with van der Waals surface area (Å²) in [5, 5.41) is 49.6. The van der Waals surface area contributed by atoms with E-state index in [-0.39, 0.29) is 39.0 Å². The average molecular weight is 506 g/mol. The summed E-state index contributed by atoms with van der Waals surface area (Å²) in [6.07, 6.45) is 0. The van der Waals surface area contributed by atoms with Crippen molar-refractivity contribution >= 4 is 23.9 Å². The van der Waals surface area contributed by atoms with E-state index >= 15 is 0 Å². The van der Waals surface area contributed by atoms with Crippen molar-refractivity contribution in [2.45, 2.75) is 27.7 Å². The first-order chi connectivity index (χ1) is 8.93. The number of carboxylic acids is 4. The van der Waals surface area contributed by atoms with Crippen LogP contribution in [0.3, 0.4) is 0 Å². The van der Waals surface area contributed by atoms with Crippen molar-refractivity contribution in [1.82, 2.24) is 0 Å². The zero-order valence-corrected chi connectivity index (χ0v) is 16.1. The van der Waals surface area contributed by atoms with Crippen LogP contribution < -0.4 is 20.4 Å². The van der Waals surface area contributed by atoms with E-state index in [2.05, 4.69) is 0 Å². The van der Waals surface area contributed by atoms with Gasteiger partial charge in [0.15, 0.2) is 0 Å². The maximum absolute atomic E-state index is 8.89. The summed E-state index contributed by atoms with van der Waals surface area (Å²) >= 11 is 0. The van der Waals surface area contributed by atoms with Crippen LogP contribution in [0.4, 0.5) is 0 Å². The summed E-state index contributed by atoms with van der Waals surface area (Å²) in [6.45, 7) is 3.89. The number of aliphatic hydroxyl groups excluding tert-OH is 2. The van der Waals surface area contributed by atoms with E-state index in [0.29, 0.717) is 0 Å². The van der Waals surface area contributed by atoms with Gasteiger partial charge in [-0.1, -0.05) is 0 Å². The molecule has 0 aliphatic carbocycles. The van der Waals surface area contributed by atoms with Crippen LogP contribution in [0.5, 0.6) is 0 Å². The van der Waals surface area contributed by atoms with E-state index in [4.69, 9.17) is 49.8 Å². The average Bonchev–Trinajstić information content (AvgIpc) is 2.19. The van der Waals surface area contributed by atoms with E-state index in [1.807, 2.05) is 0 Å². The fraction of sp³-hybridized carbons (Fsp3) is 0.600. The van der Waals surface area contributed by atoms with Crippen LogP contribution in [-0.2, 0) is 58.1 Å². The molecule has 0 aliphatic rings. The molecular formula is C10H20O10Rh2. The molecule has 0 amide bonds. The molecule has 0 bridgehead atoms. The SMILES string of the molecule is CC(=O)[O-].CC(=O)[O-].CC(=O)[O-].CC(=O)[O-].CO.CO.[Rh+2].[Rh+2]. The van der Waals surface area contributed by atoms with Crippen molar-refractivity contribution in [3.8, 4) is 0 Å². The number of carbonyl (C=O) groups is 4. The molecule has 0 unspecified atom stereocenters. The fourth-order valence-corrected chi connectivity index (χ4v) is 0. The van der Waals surface area contributed by atoms with Crippen molar-refractivity contribution in [3.05, 3.63) is 0 Å². The smallest absolute Gasteiger partial charge is 0.550 e. The molecule has 0 rings (SSSR count). The Balaban J connectivity index is -0.0000000179. The van der Waals surface area contributed by atoms with Gasteiger partial charge in [-0.2, -0.15) is 0 Å². The second-order valence-electron chi connectivity index (χ2n) is 1.97. The number of rotatable bonds is 0. The minimum absolute atomic E-state index is 0. The Hall–Kier alpha value is -0.953. The number of aliphatic hydroxyl groups is 2. The Labute approximate surface area is 154 Å². The van der Waals surface area contributed by atoms with Gasteiger partial charge in [-0.25, -0.2) is 0 Å². The van der Waals surface area contributed by atoms with E-state index < -0.39 is 23.9 Å². The van der Waals surface area contributed by atoms with Crippen LogP contribution in [0.15, 0.2) is 0 Å². The molecule has 12 heteroatoms. The van der Waals surface area contributed by atoms with Gasteiger partial charge in [0, 0.05) is 38.1 Å². The normalized spacial score (nSPS) is 5.09. The molecule has 0 saturated heterocycles. The predicted molar refractivity (Wildman–Crippen MR) is 59.0 cm³/mol. The Bertz CT molecular complexity index is 170. The first kappa shape index (κ1) is 49.7. The molecule has 0 atom stereocenters. The van der Waals surface area contributed by atoms with Gasteiger partial charge in [0.25, 0.3) is 0 Å². The summed E-state index contributed by atoms with van der Waals surface area (Å²) in [6, 6.07) is 0. The Morgan fingerprint density at radius 1 is 0.500 bits per heavy atom. The summed E-state index contributed by atoms with van der Waals surface area (Å²) in [5.74, 6) is -4.33. The third-order valence-corrected chi connectivity index (χ3v) is 0. The molecule has 0 aromatic heterocycles. The monoisotopic (exact) mass is 506 g/mol. The molecule has 10 nitrogen and oxygen atoms in total. The summed E-state index contributed by atoms with van der Waals surface area (Å²) in [4.78, 5) is 35.6. The minimum Gasteiger partial charge on any atom is -0.550 e. The maximum atomic E-state index is 8.89. The van der Waals surface area contributed by atoms with Crippen molar-refractivity contribution < 1.29 is 88.8 Å². The van der Waals surface area contributed by atoms with E-state index in [1.165, 1.54) is 0 Å². The standard InChI is InChI=1S/4C2H4O2.2CH4O.2Rh/c4*1-2(3)4;2*1-2;;/h4*1H3,(H,3,4);2*2H,1H3;;/q;;;;;;2*+2/p-4. The quantitative estimate of drug-likeness (QED) is 0.298. The molecule has 138 valence electrons. The maximum Gasteiger partial charge on any atom is 2.00 e. The van der Waals surface area contributed by atoms with Gasteiger partial charge in [-0.15, -0.1) is 0 Å². The van der Waals surface area contributed by atoms with Gasteiger partial charge in [-0.3, -0.25) is 0 Å². The van der Waals surface area contributed by atoms with Gasteiger partial charge >= 0.3 is 39.0 Å². The Morgan fingerprint density at radius 3 is 0.500 bits per heavy atom. The van der Waals surface area contributed by atoms with Crippen molar-refractivity contribution in [3.63, 3.8) is 0 Å². The van der Waals surface area contributed by atoms with Crippen LogP contribution >= 0.6 is 0 Å². The van der Waals surface area contributed by atoms with Crippen LogP contribution in [0.25, 0.3) is 0 Å². The molecule has 2 radical (unpaired) electrons. The van der Waals surface area contributed by atoms with Gasteiger partial charge in [-0.05, 0) is 27.7 Å². The Morgan fingerprint density at radius 2 is 0.500 bits per heavy atom. The third kappa shape index (κ3) is 6830. The second kappa shape index (κ2) is 59.6. The molecule has 0 aliphatic heterocycles. The van der Waals surface area contributed by atoms with Crippen LogP contribution in [0.1, 0.15) is 27.7 Å². The molecule has 0 saturated carbocycles. The van der Waals surface area contributed by atoms with Gasteiger partial charge in [0.2, 0.25) is 0 Å². The zero-order chi connectivity index (χ0) is 18.3. The van der Waals surface area contributed by atoms with Gasteiger partial charge < -0.3 is 49.8 Å². The largest absolute Gasteiger partial charge is 2.00 e.